The smallest absolute Gasteiger partial charge is 0.410 e. The Morgan fingerprint density at radius 1 is 1.07 bits per heavy atom. The maximum absolute atomic E-state index is 12.8. The minimum absolute atomic E-state index is 0.0380. The average Bonchev–Trinajstić information content (AvgIpc) is 2.68. The van der Waals surface area contributed by atoms with E-state index < -0.39 is 5.60 Å². The molecule has 1 N–H and O–H groups in total. The topological polar surface area (TPSA) is 58.6 Å². The minimum Gasteiger partial charge on any atom is -0.444 e. The van der Waals surface area contributed by atoms with E-state index in [-0.39, 0.29) is 24.0 Å². The number of benzene rings is 2. The zero-order chi connectivity index (χ0) is 21.0. The highest BCUT2D eigenvalue weighted by Gasteiger charge is 2.35. The highest BCUT2D eigenvalue weighted by Crippen LogP contribution is 2.29. The van der Waals surface area contributed by atoms with Crippen molar-refractivity contribution >= 4 is 23.6 Å². The van der Waals surface area contributed by atoms with Gasteiger partial charge in [-0.3, -0.25) is 4.79 Å². The molecule has 0 aromatic heterocycles. The summed E-state index contributed by atoms with van der Waals surface area (Å²) in [6.07, 6.45) is 0.309. The van der Waals surface area contributed by atoms with Gasteiger partial charge in [-0.1, -0.05) is 54.1 Å². The first-order valence-corrected chi connectivity index (χ1v) is 10.2. The molecule has 1 saturated heterocycles. The molecule has 0 saturated carbocycles. The van der Waals surface area contributed by atoms with Gasteiger partial charge in [0.1, 0.15) is 5.60 Å². The van der Waals surface area contributed by atoms with E-state index in [1.807, 2.05) is 51.1 Å². The van der Waals surface area contributed by atoms with Gasteiger partial charge < -0.3 is 15.0 Å². The Bertz CT molecular complexity index is 864. The van der Waals surface area contributed by atoms with Crippen LogP contribution in [-0.2, 0) is 4.74 Å². The van der Waals surface area contributed by atoms with Crippen LogP contribution in [0.25, 0.3) is 0 Å². The molecule has 2 amide bonds. The van der Waals surface area contributed by atoms with Crippen molar-refractivity contribution < 1.29 is 14.3 Å². The molecule has 29 heavy (non-hydrogen) atoms. The molecule has 1 heterocycles. The predicted octanol–water partition coefficient (Wildman–Crippen LogP) is 4.86. The molecule has 0 bridgehead atoms. The third-order valence-corrected chi connectivity index (χ3v) is 5.26. The Morgan fingerprint density at radius 2 is 1.72 bits per heavy atom. The summed E-state index contributed by atoms with van der Waals surface area (Å²) in [6.45, 7) is 6.57. The van der Waals surface area contributed by atoms with Crippen molar-refractivity contribution in [1.29, 1.82) is 0 Å². The summed E-state index contributed by atoms with van der Waals surface area (Å²) >= 11 is 6.19. The van der Waals surface area contributed by atoms with Crippen LogP contribution in [0.3, 0.4) is 0 Å². The van der Waals surface area contributed by atoms with Crippen molar-refractivity contribution in [3.63, 3.8) is 0 Å². The zero-order valence-electron chi connectivity index (χ0n) is 17.0. The number of carbonyl (C=O) groups excluding carboxylic acids is 2. The van der Waals surface area contributed by atoms with Crippen molar-refractivity contribution in [2.24, 2.45) is 0 Å². The highest BCUT2D eigenvalue weighted by molar-refractivity contribution is 6.33. The monoisotopic (exact) mass is 414 g/mol. The van der Waals surface area contributed by atoms with Crippen LogP contribution in [0.1, 0.15) is 49.0 Å². The van der Waals surface area contributed by atoms with Crippen LogP contribution in [-0.4, -0.2) is 41.6 Å². The van der Waals surface area contributed by atoms with Gasteiger partial charge >= 0.3 is 6.09 Å². The van der Waals surface area contributed by atoms with Gasteiger partial charge in [-0.15, -0.1) is 0 Å². The summed E-state index contributed by atoms with van der Waals surface area (Å²) in [5, 5.41) is 3.55. The summed E-state index contributed by atoms with van der Waals surface area (Å²) in [5.74, 6) is -0.240. The molecular formula is C23H27ClN2O3. The van der Waals surface area contributed by atoms with Gasteiger partial charge in [0.25, 0.3) is 5.91 Å². The fourth-order valence-electron chi connectivity index (χ4n) is 3.55. The van der Waals surface area contributed by atoms with Crippen LogP contribution in [0, 0.1) is 0 Å². The van der Waals surface area contributed by atoms with Gasteiger partial charge in [-0.05, 0) is 44.9 Å². The lowest BCUT2D eigenvalue weighted by atomic mass is 9.86. The summed E-state index contributed by atoms with van der Waals surface area (Å²) in [4.78, 5) is 27.1. The molecule has 1 aliphatic rings. The number of piperidine rings is 1. The van der Waals surface area contributed by atoms with Crippen LogP contribution in [0.5, 0.6) is 0 Å². The second-order valence-electron chi connectivity index (χ2n) is 8.29. The second-order valence-corrected chi connectivity index (χ2v) is 8.70. The number of carbonyl (C=O) groups is 2. The predicted molar refractivity (Wildman–Crippen MR) is 114 cm³/mol. The van der Waals surface area contributed by atoms with Crippen molar-refractivity contribution in [3.05, 3.63) is 70.7 Å². The summed E-state index contributed by atoms with van der Waals surface area (Å²) in [6, 6.07) is 16.8. The van der Waals surface area contributed by atoms with E-state index in [0.717, 1.165) is 5.56 Å². The molecule has 1 fully saturated rings. The summed E-state index contributed by atoms with van der Waals surface area (Å²) in [7, 11) is 0. The molecule has 2 atom stereocenters. The number of hydrogen-bond donors (Lipinski definition) is 1. The van der Waals surface area contributed by atoms with E-state index in [1.165, 1.54) is 0 Å². The van der Waals surface area contributed by atoms with Crippen LogP contribution < -0.4 is 5.32 Å². The van der Waals surface area contributed by atoms with Gasteiger partial charge in [-0.2, -0.15) is 0 Å². The first-order valence-electron chi connectivity index (χ1n) is 9.83. The Balaban J connectivity index is 1.79. The Hall–Kier alpha value is -2.53. The molecule has 0 aliphatic carbocycles. The lowest BCUT2D eigenvalue weighted by Crippen LogP contribution is -2.52. The third kappa shape index (κ3) is 5.51. The maximum Gasteiger partial charge on any atom is 0.410 e. The SMILES string of the molecule is CC(C)(C)OC(=O)N1CC[C@@H](NC(=O)c2ccccc2Cl)[C@H](c2ccccc2)C1. The van der Waals surface area contributed by atoms with Gasteiger partial charge in [0.05, 0.1) is 10.6 Å². The first-order chi connectivity index (χ1) is 13.7. The van der Waals surface area contributed by atoms with E-state index in [1.54, 1.807) is 29.2 Å². The normalized spacial score (nSPS) is 19.5. The Kier molecular flexibility index (Phi) is 6.48. The zero-order valence-corrected chi connectivity index (χ0v) is 17.8. The van der Waals surface area contributed by atoms with Crippen molar-refractivity contribution in [1.82, 2.24) is 10.2 Å². The van der Waals surface area contributed by atoms with E-state index in [2.05, 4.69) is 5.32 Å². The van der Waals surface area contributed by atoms with E-state index in [0.29, 0.717) is 30.1 Å². The molecule has 0 radical (unpaired) electrons. The Morgan fingerprint density at radius 3 is 2.38 bits per heavy atom. The fraction of sp³-hybridized carbons (Fsp3) is 0.391. The molecule has 154 valence electrons. The van der Waals surface area contributed by atoms with E-state index >= 15 is 0 Å². The standard InChI is InChI=1S/C23H27ClN2O3/c1-23(2,3)29-22(28)26-14-13-20(18(15-26)16-9-5-4-6-10-16)25-21(27)17-11-7-8-12-19(17)24/h4-12,18,20H,13-15H2,1-3H3,(H,25,27)/t18-,20+/m0/s1. The van der Waals surface area contributed by atoms with Crippen LogP contribution in [0.2, 0.25) is 5.02 Å². The first kappa shape index (κ1) is 21.2. The molecule has 0 spiro atoms. The van der Waals surface area contributed by atoms with Gasteiger partial charge in [0, 0.05) is 25.0 Å². The van der Waals surface area contributed by atoms with Crippen LogP contribution in [0.4, 0.5) is 4.79 Å². The molecule has 2 aromatic carbocycles. The number of rotatable bonds is 3. The number of ether oxygens (including phenoxy) is 1. The average molecular weight is 415 g/mol. The van der Waals surface area contributed by atoms with E-state index in [9.17, 15) is 9.59 Å². The molecular weight excluding hydrogens is 388 g/mol. The number of nitrogens with one attached hydrogen (secondary N) is 1. The lowest BCUT2D eigenvalue weighted by Gasteiger charge is -2.39. The molecule has 1 aliphatic heterocycles. The number of halogens is 1. The highest BCUT2D eigenvalue weighted by atomic mass is 35.5. The van der Waals surface area contributed by atoms with Crippen molar-refractivity contribution in [2.75, 3.05) is 13.1 Å². The molecule has 2 aromatic rings. The van der Waals surface area contributed by atoms with E-state index in [4.69, 9.17) is 16.3 Å². The second kappa shape index (κ2) is 8.87. The van der Waals surface area contributed by atoms with Crippen molar-refractivity contribution in [2.45, 2.75) is 44.8 Å². The minimum atomic E-state index is -0.547. The lowest BCUT2D eigenvalue weighted by molar-refractivity contribution is 0.0177. The van der Waals surface area contributed by atoms with Crippen LogP contribution >= 0.6 is 11.6 Å². The molecule has 0 unspecified atom stereocenters. The van der Waals surface area contributed by atoms with Gasteiger partial charge in [-0.25, -0.2) is 4.79 Å². The number of amides is 2. The van der Waals surface area contributed by atoms with Gasteiger partial charge in [0.2, 0.25) is 0 Å². The molecule has 6 heteroatoms. The Labute approximate surface area is 177 Å². The van der Waals surface area contributed by atoms with Gasteiger partial charge in [0.15, 0.2) is 0 Å². The molecule has 5 nitrogen and oxygen atoms in total. The summed E-state index contributed by atoms with van der Waals surface area (Å²) in [5.41, 5.74) is 0.981. The molecule has 3 rings (SSSR count). The maximum atomic E-state index is 12.8. The number of hydrogen-bond acceptors (Lipinski definition) is 3. The third-order valence-electron chi connectivity index (χ3n) is 4.93. The number of likely N-dealkylation sites (tertiary alicyclic amines) is 1. The van der Waals surface area contributed by atoms with Crippen molar-refractivity contribution in [3.8, 4) is 0 Å². The summed E-state index contributed by atoms with van der Waals surface area (Å²) < 4.78 is 5.54. The quantitative estimate of drug-likeness (QED) is 0.779. The van der Waals surface area contributed by atoms with Crippen LogP contribution in [0.15, 0.2) is 54.6 Å². The number of nitrogens with zero attached hydrogens (tertiary/aromatic N) is 1. The largest absolute Gasteiger partial charge is 0.444 e. The fourth-order valence-corrected chi connectivity index (χ4v) is 3.77.